The van der Waals surface area contributed by atoms with Crippen molar-refractivity contribution in [1.29, 1.82) is 0 Å². The van der Waals surface area contributed by atoms with Crippen molar-refractivity contribution in [2.24, 2.45) is 0 Å². The Hall–Kier alpha value is -1.32. The summed E-state index contributed by atoms with van der Waals surface area (Å²) in [5.41, 5.74) is 2.00. The van der Waals surface area contributed by atoms with Gasteiger partial charge in [0, 0.05) is 16.0 Å². The van der Waals surface area contributed by atoms with Crippen LogP contribution in [-0.4, -0.2) is 10.1 Å². The molecule has 2 nitrogen and oxygen atoms in total. The molecule has 1 atom stereocenters. The molecule has 0 spiro atoms. The number of nitrogens with zero attached hydrogens (tertiary/aromatic N) is 1. The molecule has 0 aliphatic carbocycles. The lowest BCUT2D eigenvalue weighted by Crippen LogP contribution is -1.97. The van der Waals surface area contributed by atoms with E-state index in [1.807, 2.05) is 25.3 Å². The lowest BCUT2D eigenvalue weighted by Gasteiger charge is -2.07. The Morgan fingerprint density at radius 2 is 1.78 bits per heavy atom. The molecule has 94 valence electrons. The smallest absolute Gasteiger partial charge is 0.0957 e. The van der Waals surface area contributed by atoms with Crippen LogP contribution < -0.4 is 0 Å². The predicted octanol–water partition coefficient (Wildman–Crippen LogP) is 3.98. The van der Waals surface area contributed by atoms with Gasteiger partial charge < -0.3 is 5.11 Å². The third-order valence-corrected chi connectivity index (χ3v) is 3.73. The number of rotatable bonds is 4. The molecule has 1 aromatic heterocycles. The fraction of sp³-hybridized carbons (Fsp3) is 0.267. The van der Waals surface area contributed by atoms with Gasteiger partial charge in [-0.2, -0.15) is 0 Å². The second-order valence-corrected chi connectivity index (χ2v) is 5.40. The van der Waals surface area contributed by atoms with Crippen LogP contribution in [0.3, 0.4) is 0 Å². The van der Waals surface area contributed by atoms with Gasteiger partial charge in [0.25, 0.3) is 0 Å². The summed E-state index contributed by atoms with van der Waals surface area (Å²) in [5, 5.41) is 9.67. The van der Waals surface area contributed by atoms with Gasteiger partial charge in [0.2, 0.25) is 0 Å². The van der Waals surface area contributed by atoms with E-state index in [0.717, 1.165) is 10.6 Å². The number of hydrogen-bond donors (Lipinski definition) is 1. The van der Waals surface area contributed by atoms with Crippen molar-refractivity contribution in [3.63, 3.8) is 0 Å². The molecule has 0 bridgehead atoms. The first kappa shape index (κ1) is 13.1. The second kappa shape index (κ2) is 6.03. The van der Waals surface area contributed by atoms with E-state index in [2.05, 4.69) is 36.2 Å². The second-order valence-electron chi connectivity index (χ2n) is 4.26. The van der Waals surface area contributed by atoms with Gasteiger partial charge >= 0.3 is 0 Å². The van der Waals surface area contributed by atoms with Gasteiger partial charge in [0.05, 0.1) is 11.8 Å². The van der Waals surface area contributed by atoms with Crippen LogP contribution in [0.15, 0.2) is 52.4 Å². The fourth-order valence-corrected chi connectivity index (χ4v) is 2.39. The number of benzene rings is 1. The van der Waals surface area contributed by atoms with Crippen molar-refractivity contribution >= 4 is 11.8 Å². The topological polar surface area (TPSA) is 33.1 Å². The van der Waals surface area contributed by atoms with Crippen LogP contribution in [0.2, 0.25) is 0 Å². The Bertz CT molecular complexity index is 493. The highest BCUT2D eigenvalue weighted by atomic mass is 32.2. The standard InChI is InChI=1S/C15H17NOS/c1-3-15(17)14-9-8-13(10-16-14)18-12-6-4-11(2)5-7-12/h4-10,15,17H,3H2,1-2H3/t15-/m0/s1. The third-order valence-electron chi connectivity index (χ3n) is 2.74. The van der Waals surface area contributed by atoms with Crippen molar-refractivity contribution < 1.29 is 5.11 Å². The highest BCUT2D eigenvalue weighted by molar-refractivity contribution is 7.99. The number of aliphatic hydroxyl groups excluding tert-OH is 1. The molecule has 0 unspecified atom stereocenters. The minimum absolute atomic E-state index is 0.455. The first-order valence-electron chi connectivity index (χ1n) is 6.07. The molecule has 1 aromatic carbocycles. The summed E-state index contributed by atoms with van der Waals surface area (Å²) in [7, 11) is 0. The van der Waals surface area contributed by atoms with Crippen LogP contribution in [0.1, 0.15) is 30.7 Å². The maximum Gasteiger partial charge on any atom is 0.0957 e. The maximum absolute atomic E-state index is 9.67. The van der Waals surface area contributed by atoms with Crippen LogP contribution in [0.4, 0.5) is 0 Å². The van der Waals surface area contributed by atoms with Gasteiger partial charge in [0.15, 0.2) is 0 Å². The van der Waals surface area contributed by atoms with Crippen molar-refractivity contribution in [2.75, 3.05) is 0 Å². The molecular formula is C15H17NOS. The van der Waals surface area contributed by atoms with Crippen LogP contribution in [0.25, 0.3) is 0 Å². The summed E-state index contributed by atoms with van der Waals surface area (Å²) in [6.07, 6.45) is 2.05. The first-order chi connectivity index (χ1) is 8.69. The molecule has 3 heteroatoms. The zero-order valence-corrected chi connectivity index (χ0v) is 11.4. The van der Waals surface area contributed by atoms with Crippen molar-refractivity contribution in [2.45, 2.75) is 36.2 Å². The van der Waals surface area contributed by atoms with E-state index in [1.54, 1.807) is 11.8 Å². The predicted molar refractivity (Wildman–Crippen MR) is 74.8 cm³/mol. The molecule has 2 rings (SSSR count). The molecule has 18 heavy (non-hydrogen) atoms. The molecule has 0 aliphatic heterocycles. The number of aryl methyl sites for hydroxylation is 1. The Labute approximate surface area is 112 Å². The molecule has 2 aromatic rings. The molecule has 0 saturated carbocycles. The summed E-state index contributed by atoms with van der Waals surface area (Å²) in [6.45, 7) is 4.03. The van der Waals surface area contributed by atoms with E-state index in [0.29, 0.717) is 6.42 Å². The SMILES string of the molecule is CC[C@H](O)c1ccc(Sc2ccc(C)cc2)cn1. The lowest BCUT2D eigenvalue weighted by atomic mass is 10.2. The Morgan fingerprint density at radius 1 is 1.11 bits per heavy atom. The average Bonchev–Trinajstić information content (AvgIpc) is 2.41. The zero-order valence-electron chi connectivity index (χ0n) is 10.6. The van der Waals surface area contributed by atoms with Gasteiger partial charge in [-0.1, -0.05) is 36.4 Å². The Morgan fingerprint density at radius 3 is 2.33 bits per heavy atom. The van der Waals surface area contributed by atoms with Crippen molar-refractivity contribution in [3.05, 3.63) is 53.9 Å². The highest BCUT2D eigenvalue weighted by Crippen LogP contribution is 2.27. The third kappa shape index (κ3) is 3.34. The molecule has 0 saturated heterocycles. The van der Waals surface area contributed by atoms with E-state index in [4.69, 9.17) is 0 Å². The summed E-state index contributed by atoms with van der Waals surface area (Å²) in [6, 6.07) is 12.3. The van der Waals surface area contributed by atoms with E-state index in [-0.39, 0.29) is 0 Å². The minimum Gasteiger partial charge on any atom is -0.387 e. The monoisotopic (exact) mass is 259 g/mol. The van der Waals surface area contributed by atoms with Crippen LogP contribution in [0.5, 0.6) is 0 Å². The number of pyridine rings is 1. The van der Waals surface area contributed by atoms with E-state index < -0.39 is 6.10 Å². The van der Waals surface area contributed by atoms with Crippen LogP contribution in [0, 0.1) is 6.92 Å². The number of aliphatic hydroxyl groups is 1. The quantitative estimate of drug-likeness (QED) is 0.901. The van der Waals surface area contributed by atoms with Gasteiger partial charge in [-0.05, 0) is 37.6 Å². The molecule has 0 radical (unpaired) electrons. The normalized spacial score (nSPS) is 12.4. The summed E-state index contributed by atoms with van der Waals surface area (Å²) in [5.74, 6) is 0. The molecule has 0 aliphatic rings. The van der Waals surface area contributed by atoms with Crippen LogP contribution in [-0.2, 0) is 0 Å². The molecular weight excluding hydrogens is 242 g/mol. The molecule has 1 heterocycles. The first-order valence-corrected chi connectivity index (χ1v) is 6.89. The number of hydrogen-bond acceptors (Lipinski definition) is 3. The lowest BCUT2D eigenvalue weighted by molar-refractivity contribution is 0.169. The van der Waals surface area contributed by atoms with Gasteiger partial charge in [-0.3, -0.25) is 4.98 Å². The fourth-order valence-electron chi connectivity index (χ4n) is 1.60. The number of aromatic nitrogens is 1. The summed E-state index contributed by atoms with van der Waals surface area (Å²) in [4.78, 5) is 6.58. The zero-order chi connectivity index (χ0) is 13.0. The average molecular weight is 259 g/mol. The van der Waals surface area contributed by atoms with Crippen molar-refractivity contribution in [1.82, 2.24) is 4.98 Å². The maximum atomic E-state index is 9.67. The van der Waals surface area contributed by atoms with Gasteiger partial charge in [0.1, 0.15) is 0 Å². The van der Waals surface area contributed by atoms with Gasteiger partial charge in [-0.15, -0.1) is 0 Å². The minimum atomic E-state index is -0.455. The highest BCUT2D eigenvalue weighted by Gasteiger charge is 2.06. The van der Waals surface area contributed by atoms with Crippen molar-refractivity contribution in [3.8, 4) is 0 Å². The summed E-state index contributed by atoms with van der Waals surface area (Å²) >= 11 is 1.68. The van der Waals surface area contributed by atoms with E-state index in [9.17, 15) is 5.11 Å². The van der Waals surface area contributed by atoms with Crippen LogP contribution >= 0.6 is 11.8 Å². The van der Waals surface area contributed by atoms with Gasteiger partial charge in [-0.25, -0.2) is 0 Å². The molecule has 1 N–H and O–H groups in total. The largest absolute Gasteiger partial charge is 0.387 e. The molecule has 0 fully saturated rings. The summed E-state index contributed by atoms with van der Waals surface area (Å²) < 4.78 is 0. The molecule has 0 amide bonds. The Kier molecular flexibility index (Phi) is 4.39. The Balaban J connectivity index is 2.08. The van der Waals surface area contributed by atoms with E-state index >= 15 is 0 Å². The van der Waals surface area contributed by atoms with E-state index in [1.165, 1.54) is 10.5 Å².